The summed E-state index contributed by atoms with van der Waals surface area (Å²) in [4.78, 5) is 45.2. The summed E-state index contributed by atoms with van der Waals surface area (Å²) in [7, 11) is 0. The molecule has 0 bridgehead atoms. The summed E-state index contributed by atoms with van der Waals surface area (Å²) in [6.45, 7) is 2.43. The molecular formula is C39H39N3O5. The number of fused-ring (bicyclic) bond motifs is 2. The summed E-state index contributed by atoms with van der Waals surface area (Å²) in [5.74, 6) is -1.22. The van der Waals surface area contributed by atoms with Gasteiger partial charge in [-0.05, 0) is 47.4 Å². The smallest absolute Gasteiger partial charge is 0.264 e. The average molecular weight is 630 g/mol. The molecule has 0 radical (unpaired) electrons. The maximum Gasteiger partial charge on any atom is 0.264 e. The number of hydrogen-bond donors (Lipinski definition) is 2. The lowest BCUT2D eigenvalue weighted by Crippen LogP contribution is -2.44. The average Bonchev–Trinajstić information content (AvgIpc) is 3.31. The Labute approximate surface area is 275 Å². The van der Waals surface area contributed by atoms with E-state index in [1.165, 1.54) is 0 Å². The molecule has 8 nitrogen and oxygen atoms in total. The Bertz CT molecular complexity index is 1810. The van der Waals surface area contributed by atoms with Crippen LogP contribution in [0.2, 0.25) is 0 Å². The van der Waals surface area contributed by atoms with Gasteiger partial charge in [0.2, 0.25) is 11.8 Å². The third kappa shape index (κ3) is 6.35. The van der Waals surface area contributed by atoms with Crippen molar-refractivity contribution in [3.8, 4) is 0 Å². The van der Waals surface area contributed by atoms with Crippen molar-refractivity contribution in [2.75, 3.05) is 23.0 Å². The Morgan fingerprint density at radius 1 is 0.894 bits per heavy atom. The first kappa shape index (κ1) is 31.9. The van der Waals surface area contributed by atoms with Gasteiger partial charge >= 0.3 is 0 Å². The Hall–Kier alpha value is -5.05. The summed E-state index contributed by atoms with van der Waals surface area (Å²) in [6.07, 6.45) is 4.61. The van der Waals surface area contributed by atoms with Gasteiger partial charge in [0, 0.05) is 43.1 Å². The van der Waals surface area contributed by atoms with Crippen molar-refractivity contribution in [3.05, 3.63) is 138 Å². The summed E-state index contributed by atoms with van der Waals surface area (Å²) in [5.41, 5.74) is 3.81. The van der Waals surface area contributed by atoms with E-state index in [1.807, 2.05) is 91.0 Å². The van der Waals surface area contributed by atoms with E-state index in [2.05, 4.69) is 0 Å². The Kier molecular flexibility index (Phi) is 9.33. The molecule has 0 fully saturated rings. The number of hydrogen-bond acceptors (Lipinski definition) is 5. The van der Waals surface area contributed by atoms with Gasteiger partial charge in [-0.25, -0.2) is 0 Å². The third-order valence-electron chi connectivity index (χ3n) is 9.09. The molecule has 6 rings (SSSR count). The number of anilines is 3. The van der Waals surface area contributed by atoms with Gasteiger partial charge in [-0.1, -0.05) is 97.9 Å². The van der Waals surface area contributed by atoms with Gasteiger partial charge in [0.05, 0.1) is 24.5 Å². The number of carbonyl (C=O) groups is 3. The summed E-state index contributed by atoms with van der Waals surface area (Å²) in [6, 6.07) is 32.4. The van der Waals surface area contributed by atoms with Crippen LogP contribution in [0, 0.1) is 5.92 Å². The predicted molar refractivity (Wildman–Crippen MR) is 182 cm³/mol. The van der Waals surface area contributed by atoms with Crippen LogP contribution in [0.5, 0.6) is 0 Å². The molecule has 2 N–H and O–H groups in total. The molecule has 2 aliphatic heterocycles. The summed E-state index contributed by atoms with van der Waals surface area (Å²) < 4.78 is 0. The normalized spacial score (nSPS) is 17.9. The Morgan fingerprint density at radius 2 is 1.60 bits per heavy atom. The van der Waals surface area contributed by atoms with Crippen LogP contribution < -0.4 is 9.80 Å². The van der Waals surface area contributed by atoms with Crippen LogP contribution in [0.15, 0.2) is 115 Å². The number of benzene rings is 4. The van der Waals surface area contributed by atoms with Crippen molar-refractivity contribution in [2.45, 2.75) is 44.9 Å². The lowest BCUT2D eigenvalue weighted by Gasteiger charge is -2.30. The van der Waals surface area contributed by atoms with Crippen LogP contribution in [-0.2, 0) is 39.5 Å². The second-order valence-electron chi connectivity index (χ2n) is 12.1. The van der Waals surface area contributed by atoms with E-state index in [1.54, 1.807) is 45.9 Å². The molecule has 8 heteroatoms. The van der Waals surface area contributed by atoms with Gasteiger partial charge in [-0.15, -0.1) is 0 Å². The third-order valence-corrected chi connectivity index (χ3v) is 9.09. The molecule has 2 aliphatic rings. The first-order chi connectivity index (χ1) is 22.8. The molecule has 240 valence electrons. The maximum absolute atomic E-state index is 14.1. The van der Waals surface area contributed by atoms with Crippen molar-refractivity contribution in [3.63, 3.8) is 0 Å². The highest BCUT2D eigenvalue weighted by atomic mass is 16.3. The molecule has 4 aromatic rings. The highest BCUT2D eigenvalue weighted by Gasteiger charge is 2.52. The topological polar surface area (TPSA) is 101 Å². The fraction of sp³-hybridized carbons (Fsp3) is 0.256. The molecule has 3 amide bonds. The van der Waals surface area contributed by atoms with Crippen molar-refractivity contribution in [1.29, 1.82) is 0 Å². The van der Waals surface area contributed by atoms with E-state index in [0.29, 0.717) is 30.6 Å². The highest BCUT2D eigenvalue weighted by molar-refractivity contribution is 6.07. The highest BCUT2D eigenvalue weighted by Crippen LogP contribution is 2.46. The minimum absolute atomic E-state index is 0.0245. The van der Waals surface area contributed by atoms with Crippen LogP contribution in [-0.4, -0.2) is 46.0 Å². The van der Waals surface area contributed by atoms with Gasteiger partial charge in [-0.3, -0.25) is 19.3 Å². The van der Waals surface area contributed by atoms with E-state index < -0.39 is 17.4 Å². The molecule has 0 aliphatic carbocycles. The molecule has 4 aromatic carbocycles. The van der Waals surface area contributed by atoms with E-state index in [0.717, 1.165) is 28.1 Å². The van der Waals surface area contributed by atoms with E-state index in [4.69, 9.17) is 0 Å². The lowest BCUT2D eigenvalue weighted by molar-refractivity contribution is -0.139. The SMILES string of the molecule is C[C@@H](/C=C/CC(=O)N(CCO)Cc1ccccc1)[C@]1(O)C(=O)N(Cc2cccc(N3C(=O)CCc4ccccc43)c2)c2ccccc21. The quantitative estimate of drug-likeness (QED) is 0.209. The van der Waals surface area contributed by atoms with Crippen LogP contribution in [0.4, 0.5) is 17.1 Å². The zero-order valence-corrected chi connectivity index (χ0v) is 26.5. The number of rotatable bonds is 11. The number of aliphatic hydroxyl groups excluding tert-OH is 1. The molecule has 0 unspecified atom stereocenters. The first-order valence-corrected chi connectivity index (χ1v) is 16.0. The van der Waals surface area contributed by atoms with Gasteiger partial charge in [0.15, 0.2) is 5.60 Å². The van der Waals surface area contributed by atoms with Gasteiger partial charge < -0.3 is 20.0 Å². The zero-order chi connectivity index (χ0) is 33.0. The van der Waals surface area contributed by atoms with E-state index >= 15 is 0 Å². The minimum atomic E-state index is -1.83. The molecule has 0 saturated heterocycles. The largest absolute Gasteiger partial charge is 0.395 e. The van der Waals surface area contributed by atoms with E-state index in [-0.39, 0.29) is 37.9 Å². The fourth-order valence-electron chi connectivity index (χ4n) is 6.60. The fourth-order valence-corrected chi connectivity index (χ4v) is 6.60. The van der Waals surface area contributed by atoms with Crippen molar-refractivity contribution in [2.24, 2.45) is 5.92 Å². The first-order valence-electron chi connectivity index (χ1n) is 16.0. The molecule has 0 spiro atoms. The van der Waals surface area contributed by atoms with Crippen LogP contribution >= 0.6 is 0 Å². The molecule has 2 heterocycles. The number of para-hydroxylation sites is 2. The second-order valence-corrected chi connectivity index (χ2v) is 12.1. The van der Waals surface area contributed by atoms with Gasteiger partial charge in [0.1, 0.15) is 0 Å². The standard InChI is InChI=1S/C39H39N3O5/c1-28(11-9-20-36(44)40(23-24-43)26-29-12-3-2-4-13-29)39(47)33-17-6-8-19-35(33)41(38(39)46)27-30-14-10-16-32(25-30)42-34-18-7-5-15-31(34)21-22-37(42)45/h2-19,25,28,43,47H,20-24,26-27H2,1H3/b11-9+/t28-,39+/m0/s1. The Balaban J connectivity index is 1.20. The van der Waals surface area contributed by atoms with Crippen molar-refractivity contribution < 1.29 is 24.6 Å². The number of aliphatic hydroxyl groups is 2. The van der Waals surface area contributed by atoms with Gasteiger partial charge in [0.25, 0.3) is 5.91 Å². The predicted octanol–water partition coefficient (Wildman–Crippen LogP) is 5.64. The lowest BCUT2D eigenvalue weighted by atomic mass is 9.83. The zero-order valence-electron chi connectivity index (χ0n) is 26.5. The minimum Gasteiger partial charge on any atom is -0.395 e. The molecule has 0 aromatic heterocycles. The van der Waals surface area contributed by atoms with Crippen LogP contribution in [0.25, 0.3) is 0 Å². The molecule has 0 saturated carbocycles. The maximum atomic E-state index is 14.1. The molecule has 47 heavy (non-hydrogen) atoms. The second kappa shape index (κ2) is 13.7. The van der Waals surface area contributed by atoms with Gasteiger partial charge in [-0.2, -0.15) is 0 Å². The van der Waals surface area contributed by atoms with E-state index in [9.17, 15) is 24.6 Å². The monoisotopic (exact) mass is 629 g/mol. The van der Waals surface area contributed by atoms with Crippen LogP contribution in [0.1, 0.15) is 42.0 Å². The summed E-state index contributed by atoms with van der Waals surface area (Å²) in [5, 5.41) is 21.6. The Morgan fingerprint density at radius 3 is 2.38 bits per heavy atom. The number of amides is 3. The number of carbonyl (C=O) groups excluding carboxylic acids is 3. The number of nitrogens with zero attached hydrogens (tertiary/aromatic N) is 3. The number of aryl methyl sites for hydroxylation is 1. The van der Waals surface area contributed by atoms with Crippen molar-refractivity contribution >= 4 is 34.8 Å². The van der Waals surface area contributed by atoms with Crippen molar-refractivity contribution in [1.82, 2.24) is 4.90 Å². The van der Waals surface area contributed by atoms with Crippen LogP contribution in [0.3, 0.4) is 0 Å². The molecular weight excluding hydrogens is 590 g/mol. The summed E-state index contributed by atoms with van der Waals surface area (Å²) >= 11 is 0. The molecule has 2 atom stereocenters.